The standard InChI is InChI=1S/C15H23ClN2O2/c1-10(17)13-5-3-4-6-18(13)9-11-7-12(16)8-14(20-2)15(11)19/h7-8,10,13,19H,3-6,9,17H2,1-2H3. The fraction of sp³-hybridized carbons (Fsp3) is 0.600. The van der Waals surface area contributed by atoms with Crippen molar-refractivity contribution in [3.05, 3.63) is 22.7 Å². The summed E-state index contributed by atoms with van der Waals surface area (Å²) < 4.78 is 5.15. The summed E-state index contributed by atoms with van der Waals surface area (Å²) in [6.45, 7) is 3.69. The highest BCUT2D eigenvalue weighted by Crippen LogP contribution is 2.35. The number of phenolic OH excluding ortho intramolecular Hbond substituents is 1. The Morgan fingerprint density at radius 2 is 2.25 bits per heavy atom. The van der Waals surface area contributed by atoms with E-state index in [1.807, 2.05) is 6.92 Å². The summed E-state index contributed by atoms with van der Waals surface area (Å²) >= 11 is 6.08. The van der Waals surface area contributed by atoms with Crippen LogP contribution in [0.3, 0.4) is 0 Å². The van der Waals surface area contributed by atoms with Crippen molar-refractivity contribution < 1.29 is 9.84 Å². The van der Waals surface area contributed by atoms with Crippen molar-refractivity contribution in [2.24, 2.45) is 5.73 Å². The molecule has 0 amide bonds. The van der Waals surface area contributed by atoms with Crippen LogP contribution < -0.4 is 10.5 Å². The van der Waals surface area contributed by atoms with Gasteiger partial charge in [0, 0.05) is 35.3 Å². The molecule has 1 aromatic rings. The third kappa shape index (κ3) is 3.37. The van der Waals surface area contributed by atoms with E-state index in [2.05, 4.69) is 4.90 Å². The Labute approximate surface area is 125 Å². The lowest BCUT2D eigenvalue weighted by Crippen LogP contribution is -2.48. The van der Waals surface area contributed by atoms with Gasteiger partial charge in [0.05, 0.1) is 7.11 Å². The molecule has 2 unspecified atom stereocenters. The summed E-state index contributed by atoms with van der Waals surface area (Å²) in [5.41, 5.74) is 6.87. The minimum Gasteiger partial charge on any atom is -0.504 e. The maximum atomic E-state index is 10.2. The lowest BCUT2D eigenvalue weighted by atomic mass is 9.96. The largest absolute Gasteiger partial charge is 0.504 e. The summed E-state index contributed by atoms with van der Waals surface area (Å²) in [4.78, 5) is 2.33. The summed E-state index contributed by atoms with van der Waals surface area (Å²) in [5, 5.41) is 10.8. The van der Waals surface area contributed by atoms with E-state index < -0.39 is 0 Å². The van der Waals surface area contributed by atoms with Crippen molar-refractivity contribution in [1.29, 1.82) is 0 Å². The topological polar surface area (TPSA) is 58.7 Å². The minimum absolute atomic E-state index is 0.124. The minimum atomic E-state index is 0.124. The Kier molecular flexibility index (Phi) is 5.13. The Morgan fingerprint density at radius 1 is 1.50 bits per heavy atom. The molecule has 1 aromatic carbocycles. The molecule has 5 heteroatoms. The first-order chi connectivity index (χ1) is 9.52. The van der Waals surface area contributed by atoms with Crippen LogP contribution in [0.15, 0.2) is 12.1 Å². The van der Waals surface area contributed by atoms with Crippen LogP contribution in [0.5, 0.6) is 11.5 Å². The van der Waals surface area contributed by atoms with Crippen molar-refractivity contribution in [3.63, 3.8) is 0 Å². The molecule has 0 bridgehead atoms. The summed E-state index contributed by atoms with van der Waals surface area (Å²) in [6.07, 6.45) is 3.49. The second-order valence-electron chi connectivity index (χ2n) is 5.51. The second kappa shape index (κ2) is 6.66. The molecule has 20 heavy (non-hydrogen) atoms. The number of nitrogens with two attached hydrogens (primary N) is 1. The molecular weight excluding hydrogens is 276 g/mol. The highest BCUT2D eigenvalue weighted by Gasteiger charge is 2.26. The Hall–Kier alpha value is -0.970. The molecule has 3 N–H and O–H groups in total. The average Bonchev–Trinajstić information content (AvgIpc) is 2.42. The molecule has 0 aliphatic carbocycles. The van der Waals surface area contributed by atoms with Crippen LogP contribution in [0.4, 0.5) is 0 Å². The molecule has 1 aliphatic heterocycles. The number of piperidine rings is 1. The smallest absolute Gasteiger partial charge is 0.162 e. The van der Waals surface area contributed by atoms with Crippen molar-refractivity contribution >= 4 is 11.6 Å². The zero-order chi connectivity index (χ0) is 14.7. The van der Waals surface area contributed by atoms with Crippen LogP contribution in [0.2, 0.25) is 5.02 Å². The molecule has 1 saturated heterocycles. The van der Waals surface area contributed by atoms with Crippen LogP contribution in [-0.2, 0) is 6.54 Å². The predicted octanol–water partition coefficient (Wildman–Crippen LogP) is 2.76. The number of hydrogen-bond acceptors (Lipinski definition) is 4. The highest BCUT2D eigenvalue weighted by atomic mass is 35.5. The van der Waals surface area contributed by atoms with Crippen LogP contribution in [0.1, 0.15) is 31.7 Å². The first-order valence-corrected chi connectivity index (χ1v) is 7.45. The van der Waals surface area contributed by atoms with E-state index in [0.717, 1.165) is 18.5 Å². The van der Waals surface area contributed by atoms with E-state index >= 15 is 0 Å². The third-order valence-corrected chi connectivity index (χ3v) is 4.20. The van der Waals surface area contributed by atoms with E-state index in [-0.39, 0.29) is 11.8 Å². The predicted molar refractivity (Wildman–Crippen MR) is 81.4 cm³/mol. The number of ether oxygens (including phenoxy) is 1. The summed E-state index contributed by atoms with van der Waals surface area (Å²) in [7, 11) is 1.53. The number of hydrogen-bond donors (Lipinski definition) is 2. The van der Waals surface area contributed by atoms with Gasteiger partial charge in [0.2, 0.25) is 0 Å². The second-order valence-corrected chi connectivity index (χ2v) is 5.94. The van der Waals surface area contributed by atoms with Crippen molar-refractivity contribution in [1.82, 2.24) is 4.90 Å². The normalized spacial score (nSPS) is 21.7. The molecule has 1 heterocycles. The number of rotatable bonds is 4. The van der Waals surface area contributed by atoms with Gasteiger partial charge in [-0.25, -0.2) is 0 Å². The van der Waals surface area contributed by atoms with Gasteiger partial charge >= 0.3 is 0 Å². The SMILES string of the molecule is COc1cc(Cl)cc(CN2CCCCC2C(C)N)c1O. The van der Waals surface area contributed by atoms with E-state index in [0.29, 0.717) is 23.4 Å². The van der Waals surface area contributed by atoms with Crippen molar-refractivity contribution in [2.75, 3.05) is 13.7 Å². The number of aromatic hydroxyl groups is 1. The van der Waals surface area contributed by atoms with E-state index in [1.54, 1.807) is 12.1 Å². The Morgan fingerprint density at radius 3 is 2.90 bits per heavy atom. The maximum Gasteiger partial charge on any atom is 0.162 e. The van der Waals surface area contributed by atoms with Gasteiger partial charge in [-0.3, -0.25) is 4.90 Å². The number of likely N-dealkylation sites (tertiary alicyclic amines) is 1. The van der Waals surface area contributed by atoms with Crippen LogP contribution in [-0.4, -0.2) is 35.7 Å². The van der Waals surface area contributed by atoms with Gasteiger partial charge in [0.25, 0.3) is 0 Å². The van der Waals surface area contributed by atoms with Gasteiger partial charge in [-0.2, -0.15) is 0 Å². The maximum absolute atomic E-state index is 10.2. The monoisotopic (exact) mass is 298 g/mol. The quantitative estimate of drug-likeness (QED) is 0.897. The number of halogens is 1. The Bertz CT molecular complexity index is 465. The lowest BCUT2D eigenvalue weighted by Gasteiger charge is -2.38. The average molecular weight is 299 g/mol. The highest BCUT2D eigenvalue weighted by molar-refractivity contribution is 6.30. The number of benzene rings is 1. The summed E-state index contributed by atoms with van der Waals surface area (Å²) in [6, 6.07) is 3.90. The molecule has 1 aliphatic rings. The molecule has 1 fully saturated rings. The number of nitrogens with zero attached hydrogens (tertiary/aromatic N) is 1. The third-order valence-electron chi connectivity index (χ3n) is 3.98. The zero-order valence-corrected chi connectivity index (χ0v) is 12.9. The summed E-state index contributed by atoms with van der Waals surface area (Å²) in [5.74, 6) is 0.591. The van der Waals surface area contributed by atoms with Crippen LogP contribution in [0, 0.1) is 0 Å². The van der Waals surface area contributed by atoms with E-state index in [9.17, 15) is 5.11 Å². The van der Waals surface area contributed by atoms with E-state index in [1.165, 1.54) is 20.0 Å². The number of methoxy groups -OCH3 is 1. The molecule has 0 saturated carbocycles. The van der Waals surface area contributed by atoms with Gasteiger partial charge in [0.1, 0.15) is 0 Å². The van der Waals surface area contributed by atoms with Gasteiger partial charge in [-0.15, -0.1) is 0 Å². The molecular formula is C15H23ClN2O2. The van der Waals surface area contributed by atoms with Gasteiger partial charge in [-0.1, -0.05) is 18.0 Å². The van der Waals surface area contributed by atoms with Crippen molar-refractivity contribution in [3.8, 4) is 11.5 Å². The lowest BCUT2D eigenvalue weighted by molar-refractivity contribution is 0.121. The molecule has 112 valence electrons. The van der Waals surface area contributed by atoms with E-state index in [4.69, 9.17) is 22.1 Å². The first kappa shape index (κ1) is 15.4. The van der Waals surface area contributed by atoms with Gasteiger partial charge in [0.15, 0.2) is 11.5 Å². The zero-order valence-electron chi connectivity index (χ0n) is 12.1. The molecule has 0 aromatic heterocycles. The van der Waals surface area contributed by atoms with Crippen molar-refractivity contribution in [2.45, 2.75) is 44.8 Å². The van der Waals surface area contributed by atoms with Crippen LogP contribution >= 0.6 is 11.6 Å². The molecule has 0 spiro atoms. The molecule has 0 radical (unpaired) electrons. The Balaban J connectivity index is 2.22. The first-order valence-electron chi connectivity index (χ1n) is 7.08. The number of phenols is 1. The molecule has 2 rings (SSSR count). The molecule has 4 nitrogen and oxygen atoms in total. The fourth-order valence-corrected chi connectivity index (χ4v) is 3.16. The molecule has 2 atom stereocenters. The van der Waals surface area contributed by atoms with Crippen LogP contribution in [0.25, 0.3) is 0 Å². The van der Waals surface area contributed by atoms with Gasteiger partial charge < -0.3 is 15.6 Å². The fourth-order valence-electron chi connectivity index (χ4n) is 2.93. The van der Waals surface area contributed by atoms with Gasteiger partial charge in [-0.05, 0) is 32.4 Å².